The minimum atomic E-state index is -2.25. The van der Waals surface area contributed by atoms with Gasteiger partial charge in [0.1, 0.15) is 18.1 Å². The summed E-state index contributed by atoms with van der Waals surface area (Å²) in [7, 11) is 0. The van der Waals surface area contributed by atoms with Gasteiger partial charge in [-0.15, -0.1) is 0 Å². The van der Waals surface area contributed by atoms with E-state index < -0.39 is 45.1 Å². The highest BCUT2D eigenvalue weighted by Crippen LogP contribution is 2.65. The highest BCUT2D eigenvalue weighted by Gasteiger charge is 2.69. The van der Waals surface area contributed by atoms with Crippen LogP contribution in [0.2, 0.25) is 0 Å². The van der Waals surface area contributed by atoms with Crippen LogP contribution >= 0.6 is 34.8 Å². The normalized spacial score (nSPS) is 28.8. The zero-order valence-corrected chi connectivity index (χ0v) is 23.4. The SMILES string of the molecule is CC(C)(C)[C@H](NC(=O)C(Cl)(Cl)Cl)C(=O)N1C[C@H]2[C@@H]([C@H]1C(=O)N[C@H](C#N)C[C@@H]1CCCNC1=O)C2(C)C. The molecule has 200 valence electrons. The van der Waals surface area contributed by atoms with Crippen LogP contribution in [0, 0.1) is 39.9 Å². The predicted molar refractivity (Wildman–Crippen MR) is 136 cm³/mol. The Labute approximate surface area is 226 Å². The number of hydrogen-bond donors (Lipinski definition) is 3. The predicted octanol–water partition coefficient (Wildman–Crippen LogP) is 2.30. The second-order valence-corrected chi connectivity index (χ2v) is 14.0. The number of halogens is 3. The van der Waals surface area contributed by atoms with Crippen LogP contribution in [0.15, 0.2) is 0 Å². The lowest BCUT2D eigenvalue weighted by molar-refractivity contribution is -0.145. The minimum Gasteiger partial charge on any atom is -0.356 e. The molecule has 9 nitrogen and oxygen atoms in total. The van der Waals surface area contributed by atoms with Crippen molar-refractivity contribution in [2.75, 3.05) is 13.1 Å². The lowest BCUT2D eigenvalue weighted by atomic mass is 9.85. The van der Waals surface area contributed by atoms with Crippen molar-refractivity contribution in [2.45, 2.75) is 75.8 Å². The number of carbonyl (C=O) groups is 4. The molecule has 0 radical (unpaired) electrons. The van der Waals surface area contributed by atoms with Crippen molar-refractivity contribution in [3.05, 3.63) is 0 Å². The number of fused-ring (bicyclic) bond motifs is 1. The van der Waals surface area contributed by atoms with Crippen LogP contribution in [0.3, 0.4) is 0 Å². The maximum Gasteiger partial charge on any atom is 0.272 e. The molecule has 1 saturated carbocycles. The van der Waals surface area contributed by atoms with Gasteiger partial charge in [0.2, 0.25) is 17.7 Å². The Hall–Kier alpha value is -1.76. The number of carbonyl (C=O) groups excluding carboxylic acids is 4. The number of nitrogens with zero attached hydrogens (tertiary/aromatic N) is 2. The average Bonchev–Trinajstić information content (AvgIpc) is 3.09. The molecule has 3 N–H and O–H groups in total. The van der Waals surface area contributed by atoms with Gasteiger partial charge in [-0.2, -0.15) is 5.26 Å². The molecule has 2 heterocycles. The summed E-state index contributed by atoms with van der Waals surface area (Å²) in [6.45, 7) is 10.3. The Balaban J connectivity index is 1.80. The molecule has 1 aliphatic carbocycles. The third-order valence-electron chi connectivity index (χ3n) is 7.80. The summed E-state index contributed by atoms with van der Waals surface area (Å²) in [4.78, 5) is 53.3. The van der Waals surface area contributed by atoms with E-state index in [1.54, 1.807) is 20.8 Å². The molecule has 36 heavy (non-hydrogen) atoms. The zero-order chi connectivity index (χ0) is 27.2. The highest BCUT2D eigenvalue weighted by atomic mass is 35.6. The first-order valence-electron chi connectivity index (χ1n) is 12.2. The molecule has 2 saturated heterocycles. The number of piperidine rings is 2. The van der Waals surface area contributed by atoms with E-state index in [2.05, 4.69) is 22.0 Å². The first-order valence-corrected chi connectivity index (χ1v) is 13.3. The van der Waals surface area contributed by atoms with Crippen molar-refractivity contribution in [1.82, 2.24) is 20.9 Å². The first-order chi connectivity index (χ1) is 16.5. The van der Waals surface area contributed by atoms with Crippen molar-refractivity contribution < 1.29 is 19.2 Å². The van der Waals surface area contributed by atoms with Gasteiger partial charge in [-0.05, 0) is 41.9 Å². The van der Waals surface area contributed by atoms with E-state index in [1.807, 2.05) is 13.8 Å². The van der Waals surface area contributed by atoms with Crippen molar-refractivity contribution in [3.8, 4) is 6.07 Å². The molecule has 0 unspecified atom stereocenters. The summed E-state index contributed by atoms with van der Waals surface area (Å²) in [6.07, 6.45) is 1.68. The lowest BCUT2D eigenvalue weighted by Gasteiger charge is -2.38. The molecule has 3 aliphatic rings. The van der Waals surface area contributed by atoms with Gasteiger partial charge in [0.05, 0.1) is 6.07 Å². The van der Waals surface area contributed by atoms with Crippen LogP contribution in [0.4, 0.5) is 0 Å². The van der Waals surface area contributed by atoms with E-state index in [0.29, 0.717) is 19.5 Å². The van der Waals surface area contributed by atoms with Crippen molar-refractivity contribution in [3.63, 3.8) is 0 Å². The molecule has 6 atom stereocenters. The number of nitrogens with one attached hydrogen (secondary N) is 3. The second kappa shape index (κ2) is 10.2. The van der Waals surface area contributed by atoms with Gasteiger partial charge < -0.3 is 20.9 Å². The van der Waals surface area contributed by atoms with Gasteiger partial charge in [-0.3, -0.25) is 19.2 Å². The summed E-state index contributed by atoms with van der Waals surface area (Å²) in [5.41, 5.74) is -0.891. The van der Waals surface area contributed by atoms with Gasteiger partial charge in [0.15, 0.2) is 0 Å². The lowest BCUT2D eigenvalue weighted by Crippen LogP contribution is -2.60. The number of hydrogen-bond acceptors (Lipinski definition) is 5. The van der Waals surface area contributed by atoms with Crippen LogP contribution in [0.25, 0.3) is 0 Å². The molecule has 4 amide bonds. The van der Waals surface area contributed by atoms with E-state index in [-0.39, 0.29) is 35.5 Å². The van der Waals surface area contributed by atoms with Crippen LogP contribution < -0.4 is 16.0 Å². The Morgan fingerprint density at radius 1 is 1.22 bits per heavy atom. The van der Waals surface area contributed by atoms with Crippen LogP contribution in [-0.4, -0.2) is 63.5 Å². The fourth-order valence-electron chi connectivity index (χ4n) is 5.59. The third-order valence-corrected chi connectivity index (χ3v) is 8.31. The zero-order valence-electron chi connectivity index (χ0n) is 21.2. The number of alkyl halides is 3. The first kappa shape index (κ1) is 28.8. The highest BCUT2D eigenvalue weighted by molar-refractivity contribution is 6.76. The van der Waals surface area contributed by atoms with Crippen molar-refractivity contribution >= 4 is 58.4 Å². The number of amides is 4. The molecule has 3 fully saturated rings. The number of nitriles is 1. The van der Waals surface area contributed by atoms with Crippen LogP contribution in [0.5, 0.6) is 0 Å². The van der Waals surface area contributed by atoms with E-state index >= 15 is 0 Å². The molecular weight excluding hydrogens is 529 g/mol. The monoisotopic (exact) mass is 561 g/mol. The Bertz CT molecular complexity index is 968. The van der Waals surface area contributed by atoms with Gasteiger partial charge in [0, 0.05) is 19.0 Å². The maximum absolute atomic E-state index is 13.7. The molecule has 12 heteroatoms. The van der Waals surface area contributed by atoms with E-state index in [4.69, 9.17) is 34.8 Å². The molecule has 0 bridgehead atoms. The fourth-order valence-corrected chi connectivity index (χ4v) is 5.75. The molecular formula is C24H34Cl3N5O4. The number of likely N-dealkylation sites (tertiary alicyclic amines) is 1. The van der Waals surface area contributed by atoms with E-state index in [9.17, 15) is 24.4 Å². The summed E-state index contributed by atoms with van der Waals surface area (Å²) < 4.78 is -2.25. The molecule has 0 aromatic rings. The molecule has 0 spiro atoms. The fraction of sp³-hybridized carbons (Fsp3) is 0.792. The molecule has 3 rings (SSSR count). The van der Waals surface area contributed by atoms with Gasteiger partial charge in [-0.1, -0.05) is 69.4 Å². The second-order valence-electron chi connectivity index (χ2n) is 11.7. The van der Waals surface area contributed by atoms with Gasteiger partial charge in [0.25, 0.3) is 9.70 Å². The minimum absolute atomic E-state index is 0.0942. The number of rotatable bonds is 6. The van der Waals surface area contributed by atoms with Gasteiger partial charge >= 0.3 is 0 Å². The molecule has 2 aliphatic heterocycles. The van der Waals surface area contributed by atoms with Crippen LogP contribution in [0.1, 0.15) is 53.9 Å². The average molecular weight is 563 g/mol. The summed E-state index contributed by atoms with van der Waals surface area (Å²) in [5, 5.41) is 17.8. The molecule has 0 aromatic carbocycles. The standard InChI is InChI=1S/C24H34Cl3N5O4/c1-22(2,3)17(31-21(36)24(25,26)27)20(35)32-11-14-15(23(14,4)5)16(32)19(34)30-13(10-28)9-12-7-6-8-29-18(12)33/h12-17H,6-9,11H2,1-5H3,(H,29,33)(H,30,34)(H,31,36)/t12-,13-,14-,15-,16-,17+/m0/s1. The summed E-state index contributed by atoms with van der Waals surface area (Å²) in [5.74, 6) is -2.28. The quantitative estimate of drug-likeness (QED) is 0.428. The third kappa shape index (κ3) is 5.87. The van der Waals surface area contributed by atoms with Crippen molar-refractivity contribution in [1.29, 1.82) is 5.26 Å². The summed E-state index contributed by atoms with van der Waals surface area (Å²) in [6, 6.07) is -0.642. The maximum atomic E-state index is 13.7. The Morgan fingerprint density at radius 2 is 1.86 bits per heavy atom. The van der Waals surface area contributed by atoms with Gasteiger partial charge in [-0.25, -0.2) is 0 Å². The Kier molecular flexibility index (Phi) is 8.15. The van der Waals surface area contributed by atoms with Crippen molar-refractivity contribution in [2.24, 2.45) is 28.6 Å². The Morgan fingerprint density at radius 3 is 2.39 bits per heavy atom. The van der Waals surface area contributed by atoms with Crippen LogP contribution in [-0.2, 0) is 19.2 Å². The van der Waals surface area contributed by atoms with E-state index in [0.717, 1.165) is 6.42 Å². The van der Waals surface area contributed by atoms with E-state index in [1.165, 1.54) is 4.90 Å². The largest absolute Gasteiger partial charge is 0.356 e. The summed E-state index contributed by atoms with van der Waals surface area (Å²) >= 11 is 17.2. The topological polar surface area (TPSA) is 131 Å². The molecule has 0 aromatic heterocycles. The smallest absolute Gasteiger partial charge is 0.272 e.